The zero-order chi connectivity index (χ0) is 14.8. The molecule has 3 rings (SSSR count). The molecule has 1 aromatic heterocycles. The van der Waals surface area contributed by atoms with Crippen molar-refractivity contribution in [1.29, 1.82) is 0 Å². The van der Waals surface area contributed by atoms with E-state index in [0.717, 1.165) is 10.8 Å². The Bertz CT molecular complexity index is 822. The monoisotopic (exact) mass is 279 g/mol. The van der Waals surface area contributed by atoms with E-state index in [1.54, 1.807) is 13.0 Å². The van der Waals surface area contributed by atoms with Gasteiger partial charge in [-0.25, -0.2) is 9.78 Å². The molecule has 3 aromatic rings. The Hall–Kier alpha value is -2.88. The molecule has 0 unspecified atom stereocenters. The lowest BCUT2D eigenvalue weighted by molar-refractivity contribution is 0.0695. The van der Waals surface area contributed by atoms with Crippen LogP contribution >= 0.6 is 0 Å². The van der Waals surface area contributed by atoms with Crippen LogP contribution < -0.4 is 4.74 Å². The Kier molecular flexibility index (Phi) is 3.28. The molecule has 0 aliphatic heterocycles. The number of carboxylic acid groups (broad SMARTS) is 1. The van der Waals surface area contributed by atoms with E-state index >= 15 is 0 Å². The highest BCUT2D eigenvalue weighted by Crippen LogP contribution is 2.29. The van der Waals surface area contributed by atoms with Crippen molar-refractivity contribution in [1.82, 2.24) is 4.98 Å². The average Bonchev–Trinajstić information content (AvgIpc) is 2.47. The van der Waals surface area contributed by atoms with Crippen molar-refractivity contribution in [3.05, 3.63) is 65.9 Å². The number of carbonyl (C=O) groups is 1. The number of hydrogen-bond acceptors (Lipinski definition) is 3. The van der Waals surface area contributed by atoms with Gasteiger partial charge in [0.25, 0.3) is 0 Å². The largest absolute Gasteiger partial charge is 0.478 e. The zero-order valence-electron chi connectivity index (χ0n) is 11.4. The second-order valence-electron chi connectivity index (χ2n) is 4.67. The van der Waals surface area contributed by atoms with Crippen molar-refractivity contribution in [2.45, 2.75) is 6.92 Å². The molecular formula is C17H13NO3. The number of benzene rings is 2. The summed E-state index contributed by atoms with van der Waals surface area (Å²) in [6.07, 6.45) is 0. The molecule has 4 nitrogen and oxygen atoms in total. The minimum Gasteiger partial charge on any atom is -0.478 e. The van der Waals surface area contributed by atoms with E-state index in [0.29, 0.717) is 17.3 Å². The number of aryl methyl sites for hydroxylation is 1. The molecule has 1 N–H and O–H groups in total. The van der Waals surface area contributed by atoms with Crippen LogP contribution in [-0.2, 0) is 0 Å². The van der Waals surface area contributed by atoms with Gasteiger partial charge in [0, 0.05) is 11.5 Å². The minimum atomic E-state index is -0.989. The molecule has 0 spiro atoms. The molecule has 0 saturated heterocycles. The number of fused-ring (bicyclic) bond motifs is 1. The molecular weight excluding hydrogens is 266 g/mol. The van der Waals surface area contributed by atoms with E-state index in [4.69, 9.17) is 9.84 Å². The molecule has 4 heteroatoms. The van der Waals surface area contributed by atoms with Gasteiger partial charge in [0.15, 0.2) is 0 Å². The van der Waals surface area contributed by atoms with E-state index < -0.39 is 5.97 Å². The molecule has 1 heterocycles. The zero-order valence-corrected chi connectivity index (χ0v) is 11.4. The van der Waals surface area contributed by atoms with E-state index in [1.165, 1.54) is 6.07 Å². The first-order valence-corrected chi connectivity index (χ1v) is 6.52. The lowest BCUT2D eigenvalue weighted by atomic mass is 10.1. The van der Waals surface area contributed by atoms with Crippen LogP contribution in [0.3, 0.4) is 0 Å². The highest BCUT2D eigenvalue weighted by molar-refractivity contribution is 5.89. The van der Waals surface area contributed by atoms with Crippen molar-refractivity contribution in [2.75, 3.05) is 0 Å². The van der Waals surface area contributed by atoms with E-state index in [1.807, 2.05) is 42.5 Å². The lowest BCUT2D eigenvalue weighted by Crippen LogP contribution is -2.02. The Labute approximate surface area is 121 Å². The molecule has 0 amide bonds. The van der Waals surface area contributed by atoms with Crippen LogP contribution in [-0.4, -0.2) is 16.1 Å². The highest BCUT2D eigenvalue weighted by atomic mass is 16.5. The van der Waals surface area contributed by atoms with Gasteiger partial charge in [-0.05, 0) is 24.4 Å². The predicted molar refractivity (Wildman–Crippen MR) is 80.0 cm³/mol. The van der Waals surface area contributed by atoms with Gasteiger partial charge in [-0.3, -0.25) is 0 Å². The first kappa shape index (κ1) is 13.1. The number of nitrogens with zero attached hydrogens (tertiary/aromatic N) is 1. The maximum atomic E-state index is 11.0. The van der Waals surface area contributed by atoms with Crippen LogP contribution in [0.15, 0.2) is 54.6 Å². The Morgan fingerprint density at radius 3 is 2.57 bits per heavy atom. The van der Waals surface area contributed by atoms with Crippen LogP contribution in [0.1, 0.15) is 16.1 Å². The average molecular weight is 279 g/mol. The van der Waals surface area contributed by atoms with E-state index in [2.05, 4.69) is 4.98 Å². The first-order valence-electron chi connectivity index (χ1n) is 6.52. The molecule has 104 valence electrons. The van der Waals surface area contributed by atoms with Crippen molar-refractivity contribution < 1.29 is 14.6 Å². The van der Waals surface area contributed by atoms with Gasteiger partial charge in [0.05, 0.1) is 11.3 Å². The van der Waals surface area contributed by atoms with Crippen LogP contribution in [0.4, 0.5) is 0 Å². The number of hydrogen-bond donors (Lipinski definition) is 1. The third-order valence-electron chi connectivity index (χ3n) is 3.25. The summed E-state index contributed by atoms with van der Waals surface area (Å²) < 4.78 is 5.80. The predicted octanol–water partition coefficient (Wildman–Crippen LogP) is 4.03. The second-order valence-corrected chi connectivity index (χ2v) is 4.67. The summed E-state index contributed by atoms with van der Waals surface area (Å²) in [5.74, 6) is 0.0913. The third kappa shape index (κ3) is 2.56. The van der Waals surface area contributed by atoms with Crippen molar-refractivity contribution in [3.63, 3.8) is 0 Å². The van der Waals surface area contributed by atoms with E-state index in [9.17, 15) is 4.79 Å². The third-order valence-corrected chi connectivity index (χ3v) is 3.25. The second kappa shape index (κ2) is 5.25. The van der Waals surface area contributed by atoms with Crippen molar-refractivity contribution >= 4 is 16.7 Å². The molecule has 2 aromatic carbocycles. The summed E-state index contributed by atoms with van der Waals surface area (Å²) >= 11 is 0. The summed E-state index contributed by atoms with van der Waals surface area (Å²) in [6, 6.07) is 16.8. The maximum absolute atomic E-state index is 11.0. The van der Waals surface area contributed by atoms with Gasteiger partial charge >= 0.3 is 5.97 Å². The fraction of sp³-hybridized carbons (Fsp3) is 0.0588. The lowest BCUT2D eigenvalue weighted by Gasteiger charge is -2.09. The number of aromatic carboxylic acids is 1. The van der Waals surface area contributed by atoms with E-state index in [-0.39, 0.29) is 5.56 Å². The molecule has 21 heavy (non-hydrogen) atoms. The Morgan fingerprint density at radius 1 is 1.05 bits per heavy atom. The summed E-state index contributed by atoms with van der Waals surface area (Å²) in [5, 5.41) is 11.1. The van der Waals surface area contributed by atoms with Gasteiger partial charge in [-0.1, -0.05) is 36.4 Å². The molecule has 0 bridgehead atoms. The SMILES string of the molecule is Cc1nc(Oc2cccc3ccccc23)ccc1C(=O)O. The molecule has 0 saturated carbocycles. The van der Waals surface area contributed by atoms with Gasteiger partial charge < -0.3 is 9.84 Å². The summed E-state index contributed by atoms with van der Waals surface area (Å²) in [6.45, 7) is 1.65. The minimum absolute atomic E-state index is 0.181. The quantitative estimate of drug-likeness (QED) is 0.786. The number of pyridine rings is 1. The number of ether oxygens (including phenoxy) is 1. The van der Waals surface area contributed by atoms with Crippen LogP contribution in [0.25, 0.3) is 10.8 Å². The van der Waals surface area contributed by atoms with Crippen LogP contribution in [0, 0.1) is 6.92 Å². The number of carboxylic acids is 1. The maximum Gasteiger partial charge on any atom is 0.337 e. The molecule has 0 aliphatic carbocycles. The van der Waals surface area contributed by atoms with Crippen molar-refractivity contribution in [2.24, 2.45) is 0 Å². The topological polar surface area (TPSA) is 59.4 Å². The summed E-state index contributed by atoms with van der Waals surface area (Å²) in [5.41, 5.74) is 0.612. The molecule has 0 fully saturated rings. The van der Waals surface area contributed by atoms with Crippen LogP contribution in [0.2, 0.25) is 0 Å². The standard InChI is InChI=1S/C17H13NO3/c1-11-13(17(19)20)9-10-16(18-11)21-15-8-4-6-12-5-2-3-7-14(12)15/h2-10H,1H3,(H,19,20). The van der Waals surface area contributed by atoms with Gasteiger partial charge in [-0.2, -0.15) is 0 Å². The molecule has 0 atom stereocenters. The van der Waals surface area contributed by atoms with Crippen LogP contribution in [0.5, 0.6) is 11.6 Å². The van der Waals surface area contributed by atoms with Gasteiger partial charge in [0.2, 0.25) is 5.88 Å². The van der Waals surface area contributed by atoms with Gasteiger partial charge in [-0.15, -0.1) is 0 Å². The molecule has 0 aliphatic rings. The van der Waals surface area contributed by atoms with Gasteiger partial charge in [0.1, 0.15) is 5.75 Å². The highest BCUT2D eigenvalue weighted by Gasteiger charge is 2.10. The smallest absolute Gasteiger partial charge is 0.337 e. The molecule has 0 radical (unpaired) electrons. The fourth-order valence-corrected chi connectivity index (χ4v) is 2.22. The number of rotatable bonds is 3. The number of aromatic nitrogens is 1. The first-order chi connectivity index (χ1) is 10.1. The summed E-state index contributed by atoms with van der Waals surface area (Å²) in [7, 11) is 0. The summed E-state index contributed by atoms with van der Waals surface area (Å²) in [4.78, 5) is 15.2. The Balaban J connectivity index is 1.99. The normalized spacial score (nSPS) is 10.5. The van der Waals surface area contributed by atoms with Crippen molar-refractivity contribution in [3.8, 4) is 11.6 Å². The fourth-order valence-electron chi connectivity index (χ4n) is 2.22. The Morgan fingerprint density at radius 2 is 1.81 bits per heavy atom.